The van der Waals surface area contributed by atoms with Crippen molar-refractivity contribution in [2.45, 2.75) is 13.3 Å². The molecule has 1 aliphatic heterocycles. The average Bonchev–Trinajstić information content (AvgIpc) is 2.69. The van der Waals surface area contributed by atoms with E-state index in [4.69, 9.17) is 5.73 Å². The lowest BCUT2D eigenvalue weighted by atomic mass is 10.2. The molecule has 1 heterocycles. The van der Waals surface area contributed by atoms with Gasteiger partial charge in [-0.25, -0.2) is 12.7 Å². The van der Waals surface area contributed by atoms with Crippen LogP contribution in [-0.4, -0.2) is 44.1 Å². The van der Waals surface area contributed by atoms with Crippen molar-refractivity contribution in [1.82, 2.24) is 4.31 Å². The Bertz CT molecular complexity index is 604. The van der Waals surface area contributed by atoms with E-state index in [1.165, 1.54) is 4.31 Å². The van der Waals surface area contributed by atoms with Crippen molar-refractivity contribution in [3.63, 3.8) is 0 Å². The maximum absolute atomic E-state index is 11.6. The number of aliphatic imine (C=N–C) groups is 1. The van der Waals surface area contributed by atoms with E-state index in [0.29, 0.717) is 32.0 Å². The molecule has 1 aromatic carbocycles. The van der Waals surface area contributed by atoms with Gasteiger partial charge in [-0.15, -0.1) is 24.0 Å². The predicted molar refractivity (Wildman–Crippen MR) is 96.7 cm³/mol. The van der Waals surface area contributed by atoms with Crippen molar-refractivity contribution in [2.24, 2.45) is 10.7 Å². The van der Waals surface area contributed by atoms with Gasteiger partial charge in [0.2, 0.25) is 10.0 Å². The Morgan fingerprint density at radius 3 is 2.86 bits per heavy atom. The second-order valence-corrected chi connectivity index (χ2v) is 6.92. The zero-order valence-corrected chi connectivity index (χ0v) is 15.1. The number of anilines is 1. The molecule has 0 atom stereocenters. The monoisotopic (exact) mass is 424 g/mol. The third-order valence-corrected chi connectivity index (χ3v) is 5.08. The second kappa shape index (κ2) is 7.95. The smallest absolute Gasteiger partial charge is 0.214 e. The van der Waals surface area contributed by atoms with Crippen LogP contribution in [0.25, 0.3) is 0 Å². The maximum Gasteiger partial charge on any atom is 0.214 e. The van der Waals surface area contributed by atoms with E-state index in [9.17, 15) is 8.42 Å². The van der Waals surface area contributed by atoms with Gasteiger partial charge in [0, 0.05) is 18.8 Å². The van der Waals surface area contributed by atoms with Crippen LogP contribution in [0, 0.1) is 6.92 Å². The molecule has 118 valence electrons. The first-order valence-corrected chi connectivity index (χ1v) is 8.20. The fraction of sp³-hybridized carbons (Fsp3) is 0.462. The van der Waals surface area contributed by atoms with E-state index >= 15 is 0 Å². The van der Waals surface area contributed by atoms with Crippen LogP contribution in [0.15, 0.2) is 29.3 Å². The van der Waals surface area contributed by atoms with Gasteiger partial charge in [-0.3, -0.25) is 4.99 Å². The highest BCUT2D eigenvalue weighted by Crippen LogP contribution is 2.12. The molecule has 1 fully saturated rings. The molecular formula is C13H21IN4O2S. The number of halogens is 1. The zero-order chi connectivity index (χ0) is 14.6. The van der Waals surface area contributed by atoms with Crippen LogP contribution >= 0.6 is 24.0 Å². The fourth-order valence-corrected chi connectivity index (χ4v) is 3.65. The van der Waals surface area contributed by atoms with E-state index in [-0.39, 0.29) is 29.7 Å². The molecule has 0 radical (unpaired) electrons. The Hall–Kier alpha value is -0.870. The lowest BCUT2D eigenvalue weighted by molar-refractivity contribution is 0.452. The summed E-state index contributed by atoms with van der Waals surface area (Å²) in [6, 6.07) is 7.80. The molecule has 1 aromatic rings. The molecule has 0 spiro atoms. The summed E-state index contributed by atoms with van der Waals surface area (Å²) in [5.41, 5.74) is 7.78. The van der Waals surface area contributed by atoms with Crippen molar-refractivity contribution in [2.75, 3.05) is 30.7 Å². The summed E-state index contributed by atoms with van der Waals surface area (Å²) in [4.78, 5) is 4.16. The fourth-order valence-electron chi connectivity index (χ4n) is 2.13. The quantitative estimate of drug-likeness (QED) is 0.434. The van der Waals surface area contributed by atoms with Gasteiger partial charge in [0.05, 0.1) is 12.3 Å². The lowest BCUT2D eigenvalue weighted by Gasteiger charge is -2.12. The summed E-state index contributed by atoms with van der Waals surface area (Å²) in [5.74, 6) is 0.542. The van der Waals surface area contributed by atoms with Gasteiger partial charge in [-0.1, -0.05) is 12.1 Å². The van der Waals surface area contributed by atoms with Crippen molar-refractivity contribution in [1.29, 1.82) is 0 Å². The van der Waals surface area contributed by atoms with Gasteiger partial charge in [0.15, 0.2) is 5.96 Å². The SMILES string of the molecule is Cc1cccc(NC(N)=NCCN2CCCS2(=O)=O)c1.I. The molecular weight excluding hydrogens is 403 g/mol. The first kappa shape index (κ1) is 18.2. The Labute approximate surface area is 142 Å². The molecule has 0 saturated carbocycles. The van der Waals surface area contributed by atoms with E-state index in [1.807, 2.05) is 31.2 Å². The van der Waals surface area contributed by atoms with Gasteiger partial charge < -0.3 is 11.1 Å². The number of hydrogen-bond donors (Lipinski definition) is 2. The largest absolute Gasteiger partial charge is 0.370 e. The van der Waals surface area contributed by atoms with Crippen molar-refractivity contribution < 1.29 is 8.42 Å². The lowest BCUT2D eigenvalue weighted by Crippen LogP contribution is -2.30. The topological polar surface area (TPSA) is 87.8 Å². The van der Waals surface area contributed by atoms with Crippen molar-refractivity contribution in [3.8, 4) is 0 Å². The number of hydrogen-bond acceptors (Lipinski definition) is 3. The number of guanidine groups is 1. The van der Waals surface area contributed by atoms with Gasteiger partial charge in [0.1, 0.15) is 0 Å². The summed E-state index contributed by atoms with van der Waals surface area (Å²) < 4.78 is 24.7. The molecule has 1 aliphatic rings. The van der Waals surface area contributed by atoms with Crippen LogP contribution in [0.1, 0.15) is 12.0 Å². The highest BCUT2D eigenvalue weighted by molar-refractivity contribution is 14.0. The molecule has 21 heavy (non-hydrogen) atoms. The van der Waals surface area contributed by atoms with Crippen molar-refractivity contribution in [3.05, 3.63) is 29.8 Å². The summed E-state index contributed by atoms with van der Waals surface area (Å²) in [6.45, 7) is 3.34. The normalized spacial score (nSPS) is 18.2. The minimum Gasteiger partial charge on any atom is -0.370 e. The minimum absolute atomic E-state index is 0. The molecule has 0 aliphatic carbocycles. The van der Waals surface area contributed by atoms with Gasteiger partial charge in [-0.05, 0) is 31.0 Å². The van der Waals surface area contributed by atoms with Crippen LogP contribution in [0.4, 0.5) is 5.69 Å². The maximum atomic E-state index is 11.6. The molecule has 6 nitrogen and oxygen atoms in total. The highest BCUT2D eigenvalue weighted by Gasteiger charge is 2.27. The molecule has 0 amide bonds. The Balaban J connectivity index is 0.00000220. The predicted octanol–water partition coefficient (Wildman–Crippen LogP) is 1.38. The highest BCUT2D eigenvalue weighted by atomic mass is 127. The Morgan fingerprint density at radius 2 is 2.24 bits per heavy atom. The van der Waals surface area contributed by atoms with Crippen LogP contribution in [0.3, 0.4) is 0 Å². The summed E-state index contributed by atoms with van der Waals surface area (Å²) in [6.07, 6.45) is 0.697. The molecule has 0 aromatic heterocycles. The molecule has 1 saturated heterocycles. The molecule has 2 rings (SSSR count). The number of aryl methyl sites for hydroxylation is 1. The summed E-state index contributed by atoms with van der Waals surface area (Å²) >= 11 is 0. The minimum atomic E-state index is -3.05. The summed E-state index contributed by atoms with van der Waals surface area (Å²) in [5, 5.41) is 2.99. The molecule has 0 bridgehead atoms. The van der Waals surface area contributed by atoms with Gasteiger partial charge in [0.25, 0.3) is 0 Å². The third-order valence-electron chi connectivity index (χ3n) is 3.13. The first-order valence-electron chi connectivity index (χ1n) is 6.59. The van der Waals surface area contributed by atoms with Crippen LogP contribution in [0.5, 0.6) is 0 Å². The molecule has 3 N–H and O–H groups in total. The van der Waals surface area contributed by atoms with E-state index < -0.39 is 10.0 Å². The molecule has 0 unspecified atom stereocenters. The van der Waals surface area contributed by atoms with E-state index in [2.05, 4.69) is 10.3 Å². The average molecular weight is 424 g/mol. The Kier molecular flexibility index (Phi) is 6.88. The van der Waals surface area contributed by atoms with E-state index in [1.54, 1.807) is 0 Å². The van der Waals surface area contributed by atoms with Crippen molar-refractivity contribution >= 4 is 45.6 Å². The zero-order valence-electron chi connectivity index (χ0n) is 11.9. The number of benzene rings is 1. The second-order valence-electron chi connectivity index (χ2n) is 4.83. The Morgan fingerprint density at radius 1 is 1.48 bits per heavy atom. The van der Waals surface area contributed by atoms with Crippen LogP contribution in [-0.2, 0) is 10.0 Å². The van der Waals surface area contributed by atoms with Gasteiger partial charge >= 0.3 is 0 Å². The number of nitrogens with one attached hydrogen (secondary N) is 1. The number of sulfonamides is 1. The van der Waals surface area contributed by atoms with Gasteiger partial charge in [-0.2, -0.15) is 0 Å². The van der Waals surface area contributed by atoms with Crippen LogP contribution < -0.4 is 11.1 Å². The standard InChI is InChI=1S/C13H20N4O2S.HI/c1-11-4-2-5-12(10-11)16-13(14)15-6-8-17-7-3-9-20(17,18)19;/h2,4-5,10H,3,6-9H2,1H3,(H3,14,15,16);1H. The number of rotatable bonds is 4. The first-order chi connectivity index (χ1) is 9.47. The number of nitrogens with zero attached hydrogens (tertiary/aromatic N) is 2. The van der Waals surface area contributed by atoms with E-state index in [0.717, 1.165) is 11.3 Å². The third kappa shape index (κ3) is 5.44. The number of nitrogens with two attached hydrogens (primary N) is 1. The van der Waals surface area contributed by atoms with Crippen LogP contribution in [0.2, 0.25) is 0 Å². The summed E-state index contributed by atoms with van der Waals surface area (Å²) in [7, 11) is -3.05. The molecule has 8 heteroatoms.